The van der Waals surface area contributed by atoms with E-state index in [0.717, 1.165) is 27.9 Å². The van der Waals surface area contributed by atoms with Gasteiger partial charge in [-0.1, -0.05) is 13.8 Å². The number of aromatic nitrogens is 4. The Morgan fingerprint density at radius 1 is 1.42 bits per heavy atom. The highest BCUT2D eigenvalue weighted by molar-refractivity contribution is 7.71. The van der Waals surface area contributed by atoms with Crippen molar-refractivity contribution in [3.05, 3.63) is 15.5 Å². The lowest BCUT2D eigenvalue weighted by Crippen LogP contribution is -2.10. The molecule has 2 rings (SSSR count). The number of nitrogens with one attached hydrogen (secondary N) is 1. The standard InChI is InChI=1S/C12H19N5S2/c1-7(2)9-10(11-14-15-12(18)17(11)5)19-8(13-9)6-16(3)4/h7H,6H2,1-5H3,(H,15,18). The normalized spacial score (nSPS) is 11.7. The molecule has 0 bridgehead atoms. The molecule has 0 saturated carbocycles. The van der Waals surface area contributed by atoms with E-state index < -0.39 is 0 Å². The van der Waals surface area contributed by atoms with Crippen molar-refractivity contribution in [1.82, 2.24) is 24.6 Å². The summed E-state index contributed by atoms with van der Waals surface area (Å²) in [5, 5.41) is 8.27. The van der Waals surface area contributed by atoms with Crippen LogP contribution in [-0.2, 0) is 13.6 Å². The second-order valence-corrected chi connectivity index (χ2v) is 6.60. The molecule has 0 amide bonds. The Bertz CT molecular complexity index is 620. The van der Waals surface area contributed by atoms with Gasteiger partial charge in [-0.25, -0.2) is 4.98 Å². The van der Waals surface area contributed by atoms with Gasteiger partial charge in [0.2, 0.25) is 0 Å². The van der Waals surface area contributed by atoms with Crippen molar-refractivity contribution >= 4 is 23.6 Å². The maximum Gasteiger partial charge on any atom is 0.195 e. The van der Waals surface area contributed by atoms with Crippen LogP contribution in [0.4, 0.5) is 0 Å². The van der Waals surface area contributed by atoms with Crippen molar-refractivity contribution < 1.29 is 0 Å². The van der Waals surface area contributed by atoms with Gasteiger partial charge in [-0.2, -0.15) is 5.10 Å². The number of H-pyrrole nitrogens is 1. The number of thiazole rings is 1. The largest absolute Gasteiger partial charge is 0.303 e. The maximum absolute atomic E-state index is 5.18. The molecule has 0 radical (unpaired) electrons. The van der Waals surface area contributed by atoms with Gasteiger partial charge in [0, 0.05) is 13.6 Å². The third kappa shape index (κ3) is 2.93. The van der Waals surface area contributed by atoms with Crippen molar-refractivity contribution in [1.29, 1.82) is 0 Å². The molecule has 0 aliphatic rings. The summed E-state index contributed by atoms with van der Waals surface area (Å²) in [7, 11) is 6.02. The van der Waals surface area contributed by atoms with Crippen LogP contribution in [0, 0.1) is 4.77 Å². The molecule has 19 heavy (non-hydrogen) atoms. The Balaban J connectivity index is 2.52. The number of aromatic amines is 1. The van der Waals surface area contributed by atoms with E-state index in [-0.39, 0.29) is 0 Å². The molecular weight excluding hydrogens is 278 g/mol. The van der Waals surface area contributed by atoms with Crippen molar-refractivity contribution in [2.75, 3.05) is 14.1 Å². The second-order valence-electron chi connectivity index (χ2n) is 5.13. The molecule has 2 aromatic heterocycles. The Hall–Kier alpha value is -1.05. The first-order valence-corrected chi connectivity index (χ1v) is 7.38. The molecule has 0 aliphatic heterocycles. The Morgan fingerprint density at radius 2 is 2.11 bits per heavy atom. The monoisotopic (exact) mass is 297 g/mol. The molecule has 2 aromatic rings. The summed E-state index contributed by atoms with van der Waals surface area (Å²) in [6.45, 7) is 5.15. The van der Waals surface area contributed by atoms with E-state index in [0.29, 0.717) is 10.7 Å². The first-order chi connectivity index (χ1) is 8.90. The fraction of sp³-hybridized carbons (Fsp3) is 0.583. The van der Waals surface area contributed by atoms with Gasteiger partial charge in [-0.15, -0.1) is 11.3 Å². The number of hydrogen-bond donors (Lipinski definition) is 1. The first kappa shape index (κ1) is 14.4. The van der Waals surface area contributed by atoms with Crippen molar-refractivity contribution in [2.24, 2.45) is 7.05 Å². The molecule has 0 aromatic carbocycles. The predicted molar refractivity (Wildman–Crippen MR) is 81.0 cm³/mol. The topological polar surface area (TPSA) is 49.7 Å². The van der Waals surface area contributed by atoms with Gasteiger partial charge in [0.15, 0.2) is 10.6 Å². The molecule has 0 atom stereocenters. The van der Waals surface area contributed by atoms with Gasteiger partial charge < -0.3 is 9.47 Å². The van der Waals surface area contributed by atoms with E-state index in [4.69, 9.17) is 17.2 Å². The number of rotatable bonds is 4. The minimum absolute atomic E-state index is 0.368. The first-order valence-electron chi connectivity index (χ1n) is 6.16. The zero-order valence-electron chi connectivity index (χ0n) is 11.9. The average Bonchev–Trinajstić information content (AvgIpc) is 2.84. The summed E-state index contributed by atoms with van der Waals surface area (Å²) in [4.78, 5) is 7.99. The van der Waals surface area contributed by atoms with Crippen LogP contribution in [0.25, 0.3) is 10.7 Å². The third-order valence-electron chi connectivity index (χ3n) is 2.78. The highest BCUT2D eigenvalue weighted by Gasteiger charge is 2.19. The van der Waals surface area contributed by atoms with Crippen LogP contribution in [-0.4, -0.2) is 38.7 Å². The molecule has 2 heterocycles. The average molecular weight is 297 g/mol. The zero-order chi connectivity index (χ0) is 14.2. The number of hydrogen-bond acceptors (Lipinski definition) is 5. The third-order valence-corrected chi connectivity index (χ3v) is 4.20. The van der Waals surface area contributed by atoms with Gasteiger partial charge in [0.25, 0.3) is 0 Å². The highest BCUT2D eigenvalue weighted by atomic mass is 32.1. The lowest BCUT2D eigenvalue weighted by Gasteiger charge is -2.05. The summed E-state index contributed by atoms with van der Waals surface area (Å²) in [6.07, 6.45) is 0. The molecule has 0 spiro atoms. The Kier molecular flexibility index (Phi) is 4.17. The molecule has 0 unspecified atom stereocenters. The molecule has 0 aliphatic carbocycles. The molecule has 7 heteroatoms. The second kappa shape index (κ2) is 5.52. The van der Waals surface area contributed by atoms with Crippen molar-refractivity contribution in [3.63, 3.8) is 0 Å². The summed E-state index contributed by atoms with van der Waals surface area (Å²) >= 11 is 6.88. The summed E-state index contributed by atoms with van der Waals surface area (Å²) in [5.74, 6) is 1.24. The van der Waals surface area contributed by atoms with Crippen LogP contribution in [0.5, 0.6) is 0 Å². The smallest absolute Gasteiger partial charge is 0.195 e. The SMILES string of the molecule is CC(C)c1nc(CN(C)C)sc1-c1n[nH]c(=S)n1C. The van der Waals surface area contributed by atoms with Crippen LogP contribution >= 0.6 is 23.6 Å². The van der Waals surface area contributed by atoms with Crippen LogP contribution in [0.15, 0.2) is 0 Å². The zero-order valence-corrected chi connectivity index (χ0v) is 13.5. The van der Waals surface area contributed by atoms with Gasteiger partial charge in [-0.3, -0.25) is 5.10 Å². The van der Waals surface area contributed by atoms with E-state index in [2.05, 4.69) is 28.9 Å². The van der Waals surface area contributed by atoms with E-state index in [1.165, 1.54) is 0 Å². The van der Waals surface area contributed by atoms with Crippen molar-refractivity contribution in [2.45, 2.75) is 26.3 Å². The van der Waals surface area contributed by atoms with Gasteiger partial charge in [0.1, 0.15) is 5.01 Å². The molecule has 104 valence electrons. The molecule has 5 nitrogen and oxygen atoms in total. The quantitative estimate of drug-likeness (QED) is 0.882. The van der Waals surface area contributed by atoms with Crippen LogP contribution in [0.3, 0.4) is 0 Å². The molecule has 0 saturated heterocycles. The Labute approximate surface area is 122 Å². The predicted octanol–water partition coefficient (Wildman–Crippen LogP) is 2.79. The fourth-order valence-corrected chi connectivity index (χ4v) is 3.31. The molecular formula is C12H19N5S2. The van der Waals surface area contributed by atoms with E-state index >= 15 is 0 Å². The van der Waals surface area contributed by atoms with Crippen molar-refractivity contribution in [3.8, 4) is 10.7 Å². The molecule has 0 fully saturated rings. The highest BCUT2D eigenvalue weighted by Crippen LogP contribution is 2.33. The van der Waals surface area contributed by atoms with E-state index in [1.807, 2.05) is 25.7 Å². The van der Waals surface area contributed by atoms with Crippen LogP contribution < -0.4 is 0 Å². The summed E-state index contributed by atoms with van der Waals surface area (Å²) in [5.41, 5.74) is 1.10. The van der Waals surface area contributed by atoms with Crippen LogP contribution in [0.2, 0.25) is 0 Å². The van der Waals surface area contributed by atoms with Gasteiger partial charge >= 0.3 is 0 Å². The summed E-state index contributed by atoms with van der Waals surface area (Å²) < 4.78 is 2.53. The molecule has 1 N–H and O–H groups in total. The minimum Gasteiger partial charge on any atom is -0.303 e. The minimum atomic E-state index is 0.368. The van der Waals surface area contributed by atoms with Crippen LogP contribution in [0.1, 0.15) is 30.5 Å². The summed E-state index contributed by atoms with van der Waals surface area (Å²) in [6, 6.07) is 0. The maximum atomic E-state index is 5.18. The fourth-order valence-electron chi connectivity index (χ4n) is 1.82. The van der Waals surface area contributed by atoms with Gasteiger partial charge in [0.05, 0.1) is 10.6 Å². The lowest BCUT2D eigenvalue weighted by molar-refractivity contribution is 0.401. The lowest BCUT2D eigenvalue weighted by atomic mass is 10.1. The number of nitrogens with zero attached hydrogens (tertiary/aromatic N) is 4. The van der Waals surface area contributed by atoms with E-state index in [9.17, 15) is 0 Å². The Morgan fingerprint density at radius 3 is 2.58 bits per heavy atom. The van der Waals surface area contributed by atoms with E-state index in [1.54, 1.807) is 11.3 Å². The van der Waals surface area contributed by atoms with Gasteiger partial charge in [-0.05, 0) is 32.2 Å².